The lowest BCUT2D eigenvalue weighted by Gasteiger charge is -2.20. The van der Waals surface area contributed by atoms with Gasteiger partial charge in [0.15, 0.2) is 11.7 Å². The molecule has 1 aromatic carbocycles. The quantitative estimate of drug-likeness (QED) is 0.285. The molecule has 1 aliphatic heterocycles. The van der Waals surface area contributed by atoms with Crippen molar-refractivity contribution < 1.29 is 8.81 Å². The Morgan fingerprint density at radius 2 is 2.05 bits per heavy atom. The van der Waals surface area contributed by atoms with Gasteiger partial charge in [-0.1, -0.05) is 24.9 Å². The molecule has 0 aliphatic carbocycles. The van der Waals surface area contributed by atoms with Gasteiger partial charge in [0.2, 0.25) is 0 Å². The third-order valence-corrected chi connectivity index (χ3v) is 7.70. The van der Waals surface area contributed by atoms with Crippen LogP contribution in [-0.4, -0.2) is 40.8 Å². The third kappa shape index (κ3) is 5.20. The molecule has 42 heavy (non-hydrogen) atoms. The molecule has 214 valence electrons. The molecule has 6 rings (SSSR count). The van der Waals surface area contributed by atoms with Gasteiger partial charge >= 0.3 is 0 Å². The van der Waals surface area contributed by atoms with Crippen LogP contribution in [0.3, 0.4) is 0 Å². The maximum atomic E-state index is 14.6. The third-order valence-electron chi connectivity index (χ3n) is 7.46. The summed E-state index contributed by atoms with van der Waals surface area (Å²) in [5.41, 5.74) is 10.0. The summed E-state index contributed by atoms with van der Waals surface area (Å²) in [7, 11) is 0. The first-order valence-electron chi connectivity index (χ1n) is 13.5. The number of benzene rings is 1. The molecule has 0 saturated heterocycles. The number of amidine groups is 1. The first-order chi connectivity index (χ1) is 20.3. The van der Waals surface area contributed by atoms with E-state index in [1.165, 1.54) is 41.1 Å². The molecule has 0 fully saturated rings. The van der Waals surface area contributed by atoms with Crippen molar-refractivity contribution in [2.45, 2.75) is 45.3 Å². The van der Waals surface area contributed by atoms with Crippen molar-refractivity contribution in [3.05, 3.63) is 87.9 Å². The molecule has 0 saturated carbocycles. The summed E-state index contributed by atoms with van der Waals surface area (Å²) < 4.78 is 23.4. The van der Waals surface area contributed by atoms with Crippen LogP contribution >= 0.6 is 11.6 Å². The van der Waals surface area contributed by atoms with Crippen LogP contribution in [0.2, 0.25) is 5.02 Å². The van der Waals surface area contributed by atoms with Gasteiger partial charge in [-0.2, -0.15) is 9.78 Å². The lowest BCUT2D eigenvalue weighted by atomic mass is 9.88. The summed E-state index contributed by atoms with van der Waals surface area (Å²) in [6, 6.07) is 10.2. The molecule has 2 bridgehead atoms. The van der Waals surface area contributed by atoms with Gasteiger partial charge in [-0.3, -0.25) is 9.78 Å². The Balaban J connectivity index is 1.46. The second-order valence-corrected chi connectivity index (χ2v) is 10.7. The molecule has 0 amide bonds. The molecular formula is C29H27ClFN9O2. The standard InChI is InChI=1S/C29H27ClFN9O2/c1-16-4-3-5-20(23-10-18(8-9-33-23)28-24(36-29(16)32)13-35-40(28)17(2)31)22-14-42-27(12-26(22)41)21-11-19(30)6-7-25(21)39-15-34-37-38-39/h6-17,20H,3-5H2,1-2H3,(H2,32,36)/t16-,17?,20?/m0/s1. The van der Waals surface area contributed by atoms with Gasteiger partial charge in [-0.05, 0) is 60.5 Å². The first-order valence-corrected chi connectivity index (χ1v) is 13.9. The van der Waals surface area contributed by atoms with Gasteiger partial charge in [0.25, 0.3) is 0 Å². The minimum atomic E-state index is -1.40. The number of hydrogen-bond donors (Lipinski definition) is 1. The molecule has 0 spiro atoms. The zero-order valence-electron chi connectivity index (χ0n) is 22.9. The van der Waals surface area contributed by atoms with Crippen molar-refractivity contribution in [2.24, 2.45) is 16.6 Å². The minimum Gasteiger partial charge on any atom is -0.464 e. The lowest BCUT2D eigenvalue weighted by molar-refractivity contribution is 0.248. The second kappa shape index (κ2) is 11.3. The molecule has 0 radical (unpaired) electrons. The first kappa shape index (κ1) is 27.5. The molecule has 13 heteroatoms. The van der Waals surface area contributed by atoms with E-state index in [9.17, 15) is 9.18 Å². The molecular weight excluding hydrogens is 561 g/mol. The smallest absolute Gasteiger partial charge is 0.189 e. The van der Waals surface area contributed by atoms with E-state index >= 15 is 0 Å². The Morgan fingerprint density at radius 3 is 2.81 bits per heavy atom. The molecule has 4 aromatic heterocycles. The summed E-state index contributed by atoms with van der Waals surface area (Å²) in [6.07, 6.45) is 6.78. The van der Waals surface area contributed by atoms with Crippen LogP contribution in [0.5, 0.6) is 0 Å². The number of hydrogen-bond acceptors (Lipinski definition) is 9. The van der Waals surface area contributed by atoms with E-state index in [-0.39, 0.29) is 17.3 Å². The fourth-order valence-corrected chi connectivity index (χ4v) is 5.42. The van der Waals surface area contributed by atoms with Gasteiger partial charge < -0.3 is 10.2 Å². The summed E-state index contributed by atoms with van der Waals surface area (Å²) in [5, 5.41) is 16.1. The summed E-state index contributed by atoms with van der Waals surface area (Å²) in [4.78, 5) is 23.0. The fourth-order valence-electron chi connectivity index (χ4n) is 5.25. The van der Waals surface area contributed by atoms with Crippen LogP contribution in [0.4, 0.5) is 10.1 Å². The van der Waals surface area contributed by atoms with E-state index in [0.717, 1.165) is 12.8 Å². The van der Waals surface area contributed by atoms with Crippen LogP contribution in [0, 0.1) is 5.92 Å². The highest BCUT2D eigenvalue weighted by Crippen LogP contribution is 2.37. The predicted molar refractivity (Wildman–Crippen MR) is 156 cm³/mol. The monoisotopic (exact) mass is 587 g/mol. The number of rotatable bonds is 4. The number of alkyl halides is 1. The SMILES string of the molecule is CC(F)n1ncc2c1-c1ccnc(c1)C(c1coc(-c3cc(Cl)ccc3-n3cnnn3)cc1=O)CCC[C@H](C)C(N)=N2. The van der Waals surface area contributed by atoms with Crippen molar-refractivity contribution in [3.63, 3.8) is 0 Å². The van der Waals surface area contributed by atoms with Crippen molar-refractivity contribution in [3.8, 4) is 28.3 Å². The zero-order chi connectivity index (χ0) is 29.4. The highest BCUT2D eigenvalue weighted by Gasteiger charge is 2.25. The lowest BCUT2D eigenvalue weighted by Crippen LogP contribution is -2.22. The van der Waals surface area contributed by atoms with E-state index in [1.807, 2.05) is 13.0 Å². The van der Waals surface area contributed by atoms with E-state index < -0.39 is 6.30 Å². The highest BCUT2D eigenvalue weighted by molar-refractivity contribution is 6.31. The number of pyridine rings is 1. The molecule has 2 N–H and O–H groups in total. The normalized spacial score (nSPS) is 18.0. The number of halogens is 2. The zero-order valence-corrected chi connectivity index (χ0v) is 23.6. The topological polar surface area (TPSA) is 143 Å². The van der Waals surface area contributed by atoms with Crippen molar-refractivity contribution in [1.82, 2.24) is 35.0 Å². The number of fused-ring (bicyclic) bond motifs is 4. The van der Waals surface area contributed by atoms with Crippen molar-refractivity contribution >= 4 is 23.1 Å². The number of nitrogens with zero attached hydrogens (tertiary/aromatic N) is 8. The Kier molecular flexibility index (Phi) is 7.38. The van der Waals surface area contributed by atoms with Crippen LogP contribution in [0.1, 0.15) is 56.6 Å². The number of nitrogens with two attached hydrogens (primary N) is 1. The Hall–Kier alpha value is -4.71. The fraction of sp³-hybridized carbons (Fsp3) is 0.276. The van der Waals surface area contributed by atoms with E-state index in [2.05, 4.69) is 30.6 Å². The second-order valence-electron chi connectivity index (χ2n) is 10.3. The van der Waals surface area contributed by atoms with E-state index in [4.69, 9.17) is 21.8 Å². The molecule has 5 aromatic rings. The minimum absolute atomic E-state index is 0.0401. The van der Waals surface area contributed by atoms with Gasteiger partial charge in [0, 0.05) is 51.5 Å². The van der Waals surface area contributed by atoms with Crippen LogP contribution in [-0.2, 0) is 0 Å². The Labute approximate surface area is 244 Å². The van der Waals surface area contributed by atoms with Crippen LogP contribution < -0.4 is 11.2 Å². The molecule has 5 heterocycles. The van der Waals surface area contributed by atoms with E-state index in [1.54, 1.807) is 30.5 Å². The number of aliphatic imine (C=N–C) groups is 1. The van der Waals surface area contributed by atoms with E-state index in [0.29, 0.717) is 62.5 Å². The maximum absolute atomic E-state index is 14.6. The molecule has 11 nitrogen and oxygen atoms in total. The molecule has 2 unspecified atom stereocenters. The van der Waals surface area contributed by atoms with Gasteiger partial charge in [0.05, 0.1) is 23.8 Å². The summed E-state index contributed by atoms with van der Waals surface area (Å²) >= 11 is 6.29. The molecule has 3 atom stereocenters. The maximum Gasteiger partial charge on any atom is 0.189 e. The van der Waals surface area contributed by atoms with Gasteiger partial charge in [0.1, 0.15) is 23.6 Å². The Morgan fingerprint density at radius 1 is 1.19 bits per heavy atom. The predicted octanol–water partition coefficient (Wildman–Crippen LogP) is 5.62. The summed E-state index contributed by atoms with van der Waals surface area (Å²) in [5.74, 6) is 0.329. The molecule has 1 aliphatic rings. The van der Waals surface area contributed by atoms with Crippen LogP contribution in [0.25, 0.3) is 28.3 Å². The largest absolute Gasteiger partial charge is 0.464 e. The van der Waals surface area contributed by atoms with Crippen molar-refractivity contribution in [2.75, 3.05) is 0 Å². The van der Waals surface area contributed by atoms with Crippen LogP contribution in [0.15, 0.2) is 75.6 Å². The van der Waals surface area contributed by atoms with Gasteiger partial charge in [-0.25, -0.2) is 14.1 Å². The number of tetrazole rings is 1. The average Bonchev–Trinajstić information content (AvgIpc) is 3.66. The number of aromatic nitrogens is 7. The Bertz CT molecular complexity index is 1830. The highest BCUT2D eigenvalue weighted by atomic mass is 35.5. The summed E-state index contributed by atoms with van der Waals surface area (Å²) in [6.45, 7) is 3.40. The van der Waals surface area contributed by atoms with Gasteiger partial charge in [-0.15, -0.1) is 5.10 Å². The average molecular weight is 588 g/mol. The van der Waals surface area contributed by atoms with Crippen molar-refractivity contribution in [1.29, 1.82) is 0 Å².